The zero-order valence-corrected chi connectivity index (χ0v) is 11.0. The molecule has 0 saturated heterocycles. The summed E-state index contributed by atoms with van der Waals surface area (Å²) in [4.78, 5) is 22.8. The number of amides is 2. The average Bonchev–Trinajstić information content (AvgIpc) is 2.87. The average molecular weight is 275 g/mol. The molecule has 20 heavy (non-hydrogen) atoms. The number of methoxy groups -OCH3 is 1. The summed E-state index contributed by atoms with van der Waals surface area (Å²) >= 11 is 0. The van der Waals surface area contributed by atoms with Crippen LogP contribution in [-0.4, -0.2) is 24.3 Å². The first kappa shape index (κ1) is 13.6. The molecule has 1 aromatic heterocycles. The van der Waals surface area contributed by atoms with Crippen LogP contribution < -0.4 is 10.6 Å². The summed E-state index contributed by atoms with van der Waals surface area (Å²) in [5.74, 6) is -0.251. The summed E-state index contributed by atoms with van der Waals surface area (Å²) in [7, 11) is 1.28. The summed E-state index contributed by atoms with van der Waals surface area (Å²) in [5, 5.41) is 8.79. The largest absolute Gasteiger partial charge is 0.453 e. The van der Waals surface area contributed by atoms with E-state index in [4.69, 9.17) is 4.52 Å². The van der Waals surface area contributed by atoms with Crippen molar-refractivity contribution in [1.29, 1.82) is 0 Å². The predicted octanol–water partition coefficient (Wildman–Crippen LogP) is 2.41. The van der Waals surface area contributed by atoms with Crippen LogP contribution in [0.2, 0.25) is 0 Å². The van der Waals surface area contributed by atoms with Crippen LogP contribution in [0.1, 0.15) is 16.2 Å². The van der Waals surface area contributed by atoms with Crippen molar-refractivity contribution < 1.29 is 18.8 Å². The van der Waals surface area contributed by atoms with Crippen molar-refractivity contribution in [2.75, 3.05) is 17.7 Å². The number of carbonyl (C=O) groups excluding carboxylic acids is 2. The van der Waals surface area contributed by atoms with E-state index in [0.29, 0.717) is 17.1 Å². The Balaban J connectivity index is 2.00. The van der Waals surface area contributed by atoms with Crippen LogP contribution in [0.5, 0.6) is 0 Å². The van der Waals surface area contributed by atoms with Crippen molar-refractivity contribution >= 4 is 23.4 Å². The molecule has 0 saturated carbocycles. The number of hydrogen-bond acceptors (Lipinski definition) is 5. The Morgan fingerprint density at radius 2 is 1.75 bits per heavy atom. The highest BCUT2D eigenvalue weighted by molar-refractivity contribution is 6.02. The molecule has 1 aromatic carbocycles. The molecule has 0 aliphatic heterocycles. The zero-order chi connectivity index (χ0) is 14.5. The number of aryl methyl sites for hydroxylation is 1. The molecule has 0 unspecified atom stereocenters. The van der Waals surface area contributed by atoms with Gasteiger partial charge in [0.1, 0.15) is 0 Å². The van der Waals surface area contributed by atoms with Gasteiger partial charge in [-0.3, -0.25) is 10.1 Å². The van der Waals surface area contributed by atoms with Gasteiger partial charge < -0.3 is 14.6 Å². The number of nitrogens with zero attached hydrogens (tertiary/aromatic N) is 1. The van der Waals surface area contributed by atoms with Crippen LogP contribution in [0, 0.1) is 6.92 Å². The highest BCUT2D eigenvalue weighted by atomic mass is 16.5. The fourth-order valence-corrected chi connectivity index (χ4v) is 1.47. The van der Waals surface area contributed by atoms with E-state index in [9.17, 15) is 9.59 Å². The fourth-order valence-electron chi connectivity index (χ4n) is 1.47. The van der Waals surface area contributed by atoms with E-state index in [0.717, 1.165) is 0 Å². The molecule has 104 valence electrons. The van der Waals surface area contributed by atoms with E-state index in [1.54, 1.807) is 37.3 Å². The fraction of sp³-hybridized carbons (Fsp3) is 0.154. The first-order chi connectivity index (χ1) is 9.58. The molecule has 0 fully saturated rings. The predicted molar refractivity (Wildman–Crippen MR) is 71.7 cm³/mol. The second-order valence-electron chi connectivity index (χ2n) is 3.98. The monoisotopic (exact) mass is 275 g/mol. The van der Waals surface area contributed by atoms with Gasteiger partial charge in [0.15, 0.2) is 0 Å². The van der Waals surface area contributed by atoms with E-state index < -0.39 is 6.09 Å². The number of ether oxygens (including phenoxy) is 1. The molecule has 2 N–H and O–H groups in total. The number of anilines is 2. The van der Waals surface area contributed by atoms with Crippen molar-refractivity contribution in [3.05, 3.63) is 41.8 Å². The number of hydrogen-bond donors (Lipinski definition) is 2. The van der Waals surface area contributed by atoms with Gasteiger partial charge in [0.25, 0.3) is 5.91 Å². The Labute approximate surface area is 114 Å². The molecule has 0 aliphatic carbocycles. The normalized spacial score (nSPS) is 9.90. The van der Waals surface area contributed by atoms with Gasteiger partial charge in [0, 0.05) is 17.4 Å². The smallest absolute Gasteiger partial charge is 0.411 e. The molecule has 2 aromatic rings. The second kappa shape index (κ2) is 5.87. The molecule has 0 aliphatic rings. The van der Waals surface area contributed by atoms with E-state index in [1.165, 1.54) is 7.11 Å². The lowest BCUT2D eigenvalue weighted by Gasteiger charge is -2.06. The summed E-state index contributed by atoms with van der Waals surface area (Å²) in [6, 6.07) is 8.11. The molecule has 0 radical (unpaired) electrons. The Bertz CT molecular complexity index is 619. The number of rotatable bonds is 3. The third kappa shape index (κ3) is 3.35. The van der Waals surface area contributed by atoms with E-state index in [-0.39, 0.29) is 11.7 Å². The van der Waals surface area contributed by atoms with Crippen molar-refractivity contribution in [2.45, 2.75) is 6.92 Å². The highest BCUT2D eigenvalue weighted by Crippen LogP contribution is 2.15. The maximum atomic E-state index is 11.8. The SMILES string of the molecule is COC(=O)Nc1ccc(NC(=O)c2cc(C)no2)cc1. The number of benzene rings is 1. The Morgan fingerprint density at radius 3 is 2.25 bits per heavy atom. The first-order valence-corrected chi connectivity index (χ1v) is 5.78. The Kier molecular flexibility index (Phi) is 3.99. The molecule has 1 heterocycles. The van der Waals surface area contributed by atoms with E-state index in [1.807, 2.05) is 0 Å². The number of aromatic nitrogens is 1. The van der Waals surface area contributed by atoms with Crippen molar-refractivity contribution in [1.82, 2.24) is 5.16 Å². The van der Waals surface area contributed by atoms with Crippen molar-refractivity contribution in [2.24, 2.45) is 0 Å². The van der Waals surface area contributed by atoms with Gasteiger partial charge in [-0.25, -0.2) is 4.79 Å². The minimum Gasteiger partial charge on any atom is -0.453 e. The van der Waals surface area contributed by atoms with Crippen LogP contribution in [0.25, 0.3) is 0 Å². The number of carbonyl (C=O) groups is 2. The summed E-state index contributed by atoms with van der Waals surface area (Å²) in [6.07, 6.45) is -0.557. The summed E-state index contributed by atoms with van der Waals surface area (Å²) in [6.45, 7) is 1.73. The summed E-state index contributed by atoms with van der Waals surface area (Å²) in [5.41, 5.74) is 1.76. The molecule has 0 bridgehead atoms. The lowest BCUT2D eigenvalue weighted by atomic mass is 10.2. The van der Waals surface area contributed by atoms with E-state index >= 15 is 0 Å². The molecule has 7 nitrogen and oxygen atoms in total. The molecule has 0 atom stereocenters. The van der Waals surface area contributed by atoms with Gasteiger partial charge in [0.05, 0.1) is 12.8 Å². The van der Waals surface area contributed by atoms with Gasteiger partial charge >= 0.3 is 6.09 Å². The van der Waals surface area contributed by atoms with Crippen LogP contribution >= 0.6 is 0 Å². The molecule has 7 heteroatoms. The standard InChI is InChI=1S/C13H13N3O4/c1-8-7-11(20-16-8)12(17)14-9-3-5-10(6-4-9)15-13(18)19-2/h3-7H,1-2H3,(H,14,17)(H,15,18). The molecular weight excluding hydrogens is 262 g/mol. The summed E-state index contributed by atoms with van der Waals surface area (Å²) < 4.78 is 9.32. The first-order valence-electron chi connectivity index (χ1n) is 5.78. The van der Waals surface area contributed by atoms with Gasteiger partial charge in [-0.1, -0.05) is 5.16 Å². The van der Waals surface area contributed by atoms with Crippen molar-refractivity contribution in [3.63, 3.8) is 0 Å². The van der Waals surface area contributed by atoms with Crippen LogP contribution in [0.15, 0.2) is 34.9 Å². The maximum absolute atomic E-state index is 11.8. The van der Waals surface area contributed by atoms with Gasteiger partial charge in [-0.05, 0) is 31.2 Å². The quantitative estimate of drug-likeness (QED) is 0.897. The Hall–Kier alpha value is -2.83. The zero-order valence-electron chi connectivity index (χ0n) is 11.0. The lowest BCUT2D eigenvalue weighted by molar-refractivity contribution is 0.0988. The molecule has 2 amide bonds. The van der Waals surface area contributed by atoms with Gasteiger partial charge in [-0.15, -0.1) is 0 Å². The Morgan fingerprint density at radius 1 is 1.15 bits per heavy atom. The van der Waals surface area contributed by atoms with Gasteiger partial charge in [-0.2, -0.15) is 0 Å². The minimum atomic E-state index is -0.557. The lowest BCUT2D eigenvalue weighted by Crippen LogP contribution is -2.12. The number of nitrogens with one attached hydrogen (secondary N) is 2. The highest BCUT2D eigenvalue weighted by Gasteiger charge is 2.11. The molecular formula is C13H13N3O4. The van der Waals surface area contributed by atoms with Gasteiger partial charge in [0.2, 0.25) is 5.76 Å². The third-order valence-corrected chi connectivity index (χ3v) is 2.43. The minimum absolute atomic E-state index is 0.138. The molecule has 2 rings (SSSR count). The van der Waals surface area contributed by atoms with Crippen LogP contribution in [0.4, 0.5) is 16.2 Å². The molecule has 0 spiro atoms. The maximum Gasteiger partial charge on any atom is 0.411 e. The van der Waals surface area contributed by atoms with E-state index in [2.05, 4.69) is 20.5 Å². The van der Waals surface area contributed by atoms with Crippen LogP contribution in [-0.2, 0) is 4.74 Å². The second-order valence-corrected chi connectivity index (χ2v) is 3.98. The third-order valence-electron chi connectivity index (χ3n) is 2.43. The van der Waals surface area contributed by atoms with Crippen molar-refractivity contribution in [3.8, 4) is 0 Å². The van der Waals surface area contributed by atoms with Crippen LogP contribution in [0.3, 0.4) is 0 Å². The topological polar surface area (TPSA) is 93.5 Å².